The molecule has 0 aliphatic carbocycles. The van der Waals surface area contributed by atoms with E-state index in [1.54, 1.807) is 0 Å². The highest BCUT2D eigenvalue weighted by molar-refractivity contribution is 4.77. The maximum atomic E-state index is 5.45. The molecule has 0 atom stereocenters. The zero-order valence-electron chi connectivity index (χ0n) is 8.00. The summed E-state index contributed by atoms with van der Waals surface area (Å²) < 4.78 is 2.21. The Labute approximate surface area is 78.9 Å². The van der Waals surface area contributed by atoms with E-state index in [0.29, 0.717) is 0 Å². The molecule has 0 radical (unpaired) electrons. The molecule has 5 N–H and O–H groups in total. The molecule has 13 heavy (non-hydrogen) atoms. The summed E-state index contributed by atoms with van der Waals surface area (Å²) in [5.74, 6) is 1.25. The van der Waals surface area contributed by atoms with Crippen LogP contribution in [0, 0.1) is 0 Å². The summed E-state index contributed by atoms with van der Waals surface area (Å²) in [5, 5.41) is 0. The van der Waals surface area contributed by atoms with E-state index in [4.69, 9.17) is 11.5 Å². The van der Waals surface area contributed by atoms with Crippen LogP contribution in [-0.4, -0.2) is 18.1 Å². The van der Waals surface area contributed by atoms with Crippen molar-refractivity contribution in [3.63, 3.8) is 0 Å². The number of imidazole rings is 1. The fourth-order valence-electron chi connectivity index (χ4n) is 1.35. The lowest BCUT2D eigenvalue weighted by atomic mass is 10.3. The highest BCUT2D eigenvalue weighted by atomic mass is 15.1. The highest BCUT2D eigenvalue weighted by Crippen LogP contribution is 1.92. The molecular weight excluding hydrogens is 164 g/mol. The fraction of sp³-hybridized carbons (Fsp3) is 0.667. The molecule has 0 spiro atoms. The standard InChI is InChI=1S/C9H18N4/c10-4-1-3-9-12-6-8-13(9)7-2-5-11/h6,8H,1-5,7,10-11H2/p+1. The second kappa shape index (κ2) is 5.72. The molecule has 4 heteroatoms. The Kier molecular flexibility index (Phi) is 4.49. The van der Waals surface area contributed by atoms with Crippen LogP contribution in [0.15, 0.2) is 12.4 Å². The molecule has 0 bridgehead atoms. The van der Waals surface area contributed by atoms with E-state index in [0.717, 1.165) is 38.9 Å². The van der Waals surface area contributed by atoms with Gasteiger partial charge in [-0.15, -0.1) is 0 Å². The van der Waals surface area contributed by atoms with Gasteiger partial charge in [0.1, 0.15) is 12.4 Å². The minimum Gasteiger partial charge on any atom is -0.330 e. The molecule has 0 amide bonds. The van der Waals surface area contributed by atoms with Crippen molar-refractivity contribution < 1.29 is 4.57 Å². The monoisotopic (exact) mass is 183 g/mol. The summed E-state index contributed by atoms with van der Waals surface area (Å²) in [6.45, 7) is 2.49. The number of H-pyrrole nitrogens is 1. The van der Waals surface area contributed by atoms with E-state index in [-0.39, 0.29) is 0 Å². The molecule has 1 rings (SSSR count). The van der Waals surface area contributed by atoms with E-state index >= 15 is 0 Å². The first-order valence-electron chi connectivity index (χ1n) is 4.84. The van der Waals surface area contributed by atoms with Crippen molar-refractivity contribution in [3.05, 3.63) is 18.2 Å². The summed E-state index contributed by atoms with van der Waals surface area (Å²) in [6, 6.07) is 0. The minimum absolute atomic E-state index is 0.745. The maximum Gasteiger partial charge on any atom is 0.254 e. The molecule has 0 unspecified atom stereocenters. The Morgan fingerprint density at radius 3 is 2.69 bits per heavy atom. The summed E-state index contributed by atoms with van der Waals surface area (Å²) in [5.41, 5.74) is 10.9. The Morgan fingerprint density at radius 2 is 2.00 bits per heavy atom. The van der Waals surface area contributed by atoms with Gasteiger partial charge in [0.25, 0.3) is 5.82 Å². The van der Waals surface area contributed by atoms with Gasteiger partial charge in [-0.05, 0) is 25.9 Å². The zero-order chi connectivity index (χ0) is 9.52. The molecule has 0 aromatic carbocycles. The van der Waals surface area contributed by atoms with Crippen molar-refractivity contribution in [2.75, 3.05) is 13.1 Å². The van der Waals surface area contributed by atoms with Gasteiger partial charge in [-0.3, -0.25) is 0 Å². The molecule has 4 nitrogen and oxygen atoms in total. The first-order chi connectivity index (χ1) is 6.38. The second-order valence-corrected chi connectivity index (χ2v) is 3.13. The van der Waals surface area contributed by atoms with Crippen molar-refractivity contribution in [1.82, 2.24) is 4.98 Å². The van der Waals surface area contributed by atoms with Gasteiger partial charge in [0.05, 0.1) is 13.0 Å². The summed E-state index contributed by atoms with van der Waals surface area (Å²) in [7, 11) is 0. The third-order valence-electron chi connectivity index (χ3n) is 2.07. The summed E-state index contributed by atoms with van der Waals surface area (Å²) >= 11 is 0. The van der Waals surface area contributed by atoms with Gasteiger partial charge >= 0.3 is 0 Å². The number of nitrogens with one attached hydrogen (secondary N) is 1. The third kappa shape index (κ3) is 3.16. The molecule has 1 aromatic heterocycles. The van der Waals surface area contributed by atoms with Gasteiger partial charge < -0.3 is 11.5 Å². The average molecular weight is 183 g/mol. The van der Waals surface area contributed by atoms with Crippen LogP contribution in [0.4, 0.5) is 0 Å². The Bertz CT molecular complexity index is 209. The van der Waals surface area contributed by atoms with Crippen molar-refractivity contribution in [2.24, 2.45) is 11.5 Å². The fourth-order valence-corrected chi connectivity index (χ4v) is 1.35. The molecule has 74 valence electrons. The number of nitrogens with zero attached hydrogens (tertiary/aromatic N) is 1. The van der Waals surface area contributed by atoms with Crippen LogP contribution in [0.1, 0.15) is 18.7 Å². The topological polar surface area (TPSA) is 71.7 Å². The number of nitrogens with two attached hydrogens (primary N) is 2. The molecule has 0 aliphatic rings. The van der Waals surface area contributed by atoms with Crippen molar-refractivity contribution >= 4 is 0 Å². The smallest absolute Gasteiger partial charge is 0.254 e. The molecule has 0 saturated carbocycles. The minimum atomic E-state index is 0.745. The van der Waals surface area contributed by atoms with E-state index in [1.165, 1.54) is 5.82 Å². The lowest BCUT2D eigenvalue weighted by molar-refractivity contribution is -0.703. The van der Waals surface area contributed by atoms with Crippen LogP contribution >= 0.6 is 0 Å². The van der Waals surface area contributed by atoms with E-state index < -0.39 is 0 Å². The first-order valence-corrected chi connectivity index (χ1v) is 4.84. The van der Waals surface area contributed by atoms with Crippen LogP contribution in [0.2, 0.25) is 0 Å². The second-order valence-electron chi connectivity index (χ2n) is 3.13. The van der Waals surface area contributed by atoms with Gasteiger partial charge in [-0.1, -0.05) is 0 Å². The summed E-state index contributed by atoms with van der Waals surface area (Å²) in [4.78, 5) is 3.22. The van der Waals surface area contributed by atoms with Crippen LogP contribution < -0.4 is 16.0 Å². The lowest BCUT2D eigenvalue weighted by Crippen LogP contribution is -2.37. The summed E-state index contributed by atoms with van der Waals surface area (Å²) in [6.07, 6.45) is 7.10. The molecular formula is C9H19N4+. The number of hydrogen-bond donors (Lipinski definition) is 3. The lowest BCUT2D eigenvalue weighted by Gasteiger charge is -1.98. The largest absolute Gasteiger partial charge is 0.330 e. The molecule has 0 saturated heterocycles. The quantitative estimate of drug-likeness (QED) is 0.522. The molecule has 0 aliphatic heterocycles. The number of hydrogen-bond acceptors (Lipinski definition) is 2. The van der Waals surface area contributed by atoms with Crippen LogP contribution in [-0.2, 0) is 13.0 Å². The molecule has 1 heterocycles. The number of aryl methyl sites for hydroxylation is 2. The van der Waals surface area contributed by atoms with E-state index in [9.17, 15) is 0 Å². The normalized spacial score (nSPS) is 10.6. The predicted octanol–water partition coefficient (Wildman–Crippen LogP) is -0.458. The van der Waals surface area contributed by atoms with Crippen molar-refractivity contribution in [3.8, 4) is 0 Å². The first kappa shape index (κ1) is 10.2. The Hall–Kier alpha value is -0.870. The molecule has 0 fully saturated rings. The predicted molar refractivity (Wildman–Crippen MR) is 52.0 cm³/mol. The SMILES string of the molecule is NCCCc1[nH]cc[n+]1CCCN. The van der Waals surface area contributed by atoms with Gasteiger partial charge in [0.2, 0.25) is 0 Å². The van der Waals surface area contributed by atoms with Gasteiger partial charge in [0, 0.05) is 0 Å². The van der Waals surface area contributed by atoms with Crippen LogP contribution in [0.5, 0.6) is 0 Å². The molecule has 1 aromatic rings. The number of rotatable bonds is 6. The van der Waals surface area contributed by atoms with Crippen molar-refractivity contribution in [1.29, 1.82) is 0 Å². The van der Waals surface area contributed by atoms with E-state index in [1.807, 2.05) is 6.20 Å². The van der Waals surface area contributed by atoms with Crippen LogP contribution in [0.3, 0.4) is 0 Å². The number of aromatic amines is 1. The van der Waals surface area contributed by atoms with E-state index in [2.05, 4.69) is 15.7 Å². The van der Waals surface area contributed by atoms with Gasteiger partial charge in [-0.25, -0.2) is 9.55 Å². The van der Waals surface area contributed by atoms with Gasteiger partial charge in [0.15, 0.2) is 0 Å². The third-order valence-corrected chi connectivity index (χ3v) is 2.07. The maximum absolute atomic E-state index is 5.45. The highest BCUT2D eigenvalue weighted by Gasteiger charge is 2.08. The van der Waals surface area contributed by atoms with Gasteiger partial charge in [-0.2, -0.15) is 0 Å². The number of aromatic nitrogens is 2. The average Bonchev–Trinajstić information content (AvgIpc) is 2.59. The zero-order valence-corrected chi connectivity index (χ0v) is 8.00. The van der Waals surface area contributed by atoms with Crippen molar-refractivity contribution in [2.45, 2.75) is 25.8 Å². The van der Waals surface area contributed by atoms with Crippen LogP contribution in [0.25, 0.3) is 0 Å². The Balaban J connectivity index is 2.45. The Morgan fingerprint density at radius 1 is 1.23 bits per heavy atom.